The molecule has 31 nitrogen and oxygen atoms in total. The first kappa shape index (κ1) is 96.2. The summed E-state index contributed by atoms with van der Waals surface area (Å²) in [5.41, 5.74) is 22.1. The number of aromatic amines is 1. The van der Waals surface area contributed by atoms with Crippen molar-refractivity contribution in [3.63, 3.8) is 0 Å². The van der Waals surface area contributed by atoms with E-state index in [-0.39, 0.29) is 5.54 Å². The van der Waals surface area contributed by atoms with Gasteiger partial charge in [0.25, 0.3) is 0 Å². The molecule has 8 aromatic heterocycles. The molecule has 0 radical (unpaired) electrons. The second kappa shape index (κ2) is 45.4. The van der Waals surface area contributed by atoms with Gasteiger partial charge >= 0.3 is 0 Å². The van der Waals surface area contributed by atoms with E-state index in [1.54, 1.807) is 68.4 Å². The summed E-state index contributed by atoms with van der Waals surface area (Å²) in [4.78, 5) is 47.1. The zero-order chi connectivity index (χ0) is 94.2. The zero-order valence-electron chi connectivity index (χ0n) is 79.9. The van der Waals surface area contributed by atoms with Crippen LogP contribution in [0.1, 0.15) is 87.8 Å². The fourth-order valence-corrected chi connectivity index (χ4v) is 14.9. The number of methoxy groups -OCH3 is 7. The minimum Gasteiger partial charge on any atom is -0.497 e. The quantitative estimate of drug-likeness (QED) is 0.0244. The second-order valence-corrected chi connectivity index (χ2v) is 33.5. The van der Waals surface area contributed by atoms with E-state index in [4.69, 9.17) is 58.1 Å². The Balaban J connectivity index is 0.000000151. The number of rotatable bonds is 36. The van der Waals surface area contributed by atoms with Crippen LogP contribution in [0.2, 0.25) is 0 Å². The highest BCUT2D eigenvalue weighted by atomic mass is 16.5. The number of likely N-dealkylation sites (N-methyl/N-ethyl adjacent to an activating group) is 2. The predicted octanol–water partition coefficient (Wildman–Crippen LogP) is 18.5. The normalized spacial score (nSPS) is 11.3. The van der Waals surface area contributed by atoms with E-state index in [0.29, 0.717) is 18.1 Å². The molecule has 0 aliphatic heterocycles. The van der Waals surface area contributed by atoms with Gasteiger partial charge in [0.1, 0.15) is 40.2 Å². The number of anilines is 8. The van der Waals surface area contributed by atoms with Gasteiger partial charge in [-0.3, -0.25) is 39.1 Å². The molecule has 133 heavy (non-hydrogen) atoms. The third-order valence-corrected chi connectivity index (χ3v) is 22.2. The fraction of sp³-hybridized carbons (Fsp3) is 0.333. The molecule has 0 saturated heterocycles. The highest BCUT2D eigenvalue weighted by molar-refractivity contribution is 5.87. The number of nitrogens with one attached hydrogen (secondary N) is 5. The number of fused-ring (bicyclic) bond motifs is 4. The van der Waals surface area contributed by atoms with Crippen LogP contribution in [0.15, 0.2) is 220 Å². The lowest BCUT2D eigenvalue weighted by molar-refractivity contribution is 0.355. The van der Waals surface area contributed by atoms with E-state index in [1.165, 1.54) is 5.56 Å². The number of benzene rings is 8. The fourth-order valence-electron chi connectivity index (χ4n) is 14.9. The minimum absolute atomic E-state index is 0.0992. The number of aromatic nitrogens is 16. The standard InChI is InChI=1S/C28H36N6O2.C25H30N6O2.C25H30N6O.C24H28N6O2/c1-19(2)29-10-11-33(22-12-23(35-6)15-24(13-22)36-7)21-8-9-25-26(14-21)32-27(17-30-25)20-16-31-34(18-20)28(3,4)5;1-17(2)31-16-18(14-28-31)25-15-27-23-7-6-19(12-24(23)29-25)30(9-8-26-3)20-10-21(32-4)13-22(11-20)33-5;1-5-18-11-21(14-22(12-18)32-4)31(10-9-26-3)25-16-27-23-8-7-19(13-24(23)29-25)20-15-28-30(6-2)17-20;1-16(2)25-9-10-30(23-12-19(31-3)6-8-24(23)32-4)18-5-7-20-21(11-18)29-22(15-26-20)17-13-27-28-14-17/h8-9,12-19,29H,10-11H2,1-7H3;6-7,10-17,26H,8-9H2,1-5H3;7-8,11-17,26H,5-6,9-10H2,1-4H3;5-8,11-16,25H,9-10H2,1-4H3,(H,27,28). The number of H-pyrrole nitrogens is 1. The second-order valence-electron chi connectivity index (χ2n) is 33.5. The Morgan fingerprint density at radius 2 is 0.835 bits per heavy atom. The molecule has 0 unspecified atom stereocenters. The van der Waals surface area contributed by atoms with Gasteiger partial charge in [0.2, 0.25) is 0 Å². The van der Waals surface area contributed by atoms with E-state index in [2.05, 4.69) is 230 Å². The average Bonchev–Trinajstić information content (AvgIpc) is 1.78. The predicted molar refractivity (Wildman–Crippen MR) is 534 cm³/mol. The van der Waals surface area contributed by atoms with Gasteiger partial charge in [-0.25, -0.2) is 19.9 Å². The van der Waals surface area contributed by atoms with Gasteiger partial charge in [-0.1, -0.05) is 40.7 Å². The molecular weight excluding hydrogens is 1670 g/mol. The number of hydrogen-bond donors (Lipinski definition) is 5. The minimum atomic E-state index is -0.0992. The van der Waals surface area contributed by atoms with Crippen molar-refractivity contribution in [1.82, 2.24) is 101 Å². The molecule has 0 aliphatic rings. The van der Waals surface area contributed by atoms with Gasteiger partial charge in [0.15, 0.2) is 5.82 Å². The Bertz CT molecular complexity index is 6420. The first-order valence-corrected chi connectivity index (χ1v) is 44.8. The summed E-state index contributed by atoms with van der Waals surface area (Å²) in [6.07, 6.45) is 23.4. The summed E-state index contributed by atoms with van der Waals surface area (Å²) in [6, 6.07) is 49.6. The maximum Gasteiger partial charge on any atom is 0.152 e. The topological polar surface area (TPSA) is 311 Å². The van der Waals surface area contributed by atoms with E-state index < -0.39 is 0 Å². The maximum atomic E-state index is 5.67. The van der Waals surface area contributed by atoms with Gasteiger partial charge in [0, 0.05) is 207 Å². The summed E-state index contributed by atoms with van der Waals surface area (Å²) < 4.78 is 44.5. The molecule has 8 heterocycles. The summed E-state index contributed by atoms with van der Waals surface area (Å²) in [7, 11) is 15.6. The Labute approximate surface area is 778 Å². The third-order valence-electron chi connectivity index (χ3n) is 22.2. The molecule has 0 fully saturated rings. The van der Waals surface area contributed by atoms with Crippen LogP contribution >= 0.6 is 0 Å². The van der Waals surface area contributed by atoms with Gasteiger partial charge in [-0.2, -0.15) is 20.4 Å². The van der Waals surface area contributed by atoms with Crippen molar-refractivity contribution in [2.24, 2.45) is 0 Å². The third kappa shape index (κ3) is 24.6. The van der Waals surface area contributed by atoms with Crippen LogP contribution in [-0.2, 0) is 18.5 Å². The van der Waals surface area contributed by atoms with Crippen molar-refractivity contribution >= 4 is 89.8 Å². The van der Waals surface area contributed by atoms with Crippen molar-refractivity contribution < 1.29 is 33.2 Å². The largest absolute Gasteiger partial charge is 0.497 e. The maximum absolute atomic E-state index is 5.67. The highest BCUT2D eigenvalue weighted by Gasteiger charge is 2.24. The first-order chi connectivity index (χ1) is 64.4. The summed E-state index contributed by atoms with van der Waals surface area (Å²) >= 11 is 0. The van der Waals surface area contributed by atoms with E-state index in [1.807, 2.05) is 157 Å². The van der Waals surface area contributed by atoms with Crippen LogP contribution in [0, 0.1) is 0 Å². The number of ether oxygens (including phenoxy) is 7. The molecule has 31 heteroatoms. The highest BCUT2D eigenvalue weighted by Crippen LogP contribution is 2.41. The molecule has 16 aromatic rings. The van der Waals surface area contributed by atoms with Crippen molar-refractivity contribution in [1.29, 1.82) is 0 Å². The molecule has 0 bridgehead atoms. The summed E-state index contributed by atoms with van der Waals surface area (Å²) in [5.74, 6) is 6.16. The van der Waals surface area contributed by atoms with Crippen molar-refractivity contribution in [3.8, 4) is 85.1 Å². The summed E-state index contributed by atoms with van der Waals surface area (Å²) in [5, 5.41) is 33.7. The zero-order valence-corrected chi connectivity index (χ0v) is 79.9. The molecule has 0 atom stereocenters. The number of nitrogens with zero attached hydrogens (tertiary/aromatic N) is 19. The average molecular weight is 1800 g/mol. The number of hydrogen-bond acceptors (Lipinski definition) is 27. The Hall–Kier alpha value is -14.4. The van der Waals surface area contributed by atoms with Gasteiger partial charge in [0.05, 0.1) is 172 Å². The molecule has 5 N–H and O–H groups in total. The lowest BCUT2D eigenvalue weighted by Gasteiger charge is -2.28. The van der Waals surface area contributed by atoms with E-state index >= 15 is 0 Å². The van der Waals surface area contributed by atoms with Crippen LogP contribution in [0.25, 0.3) is 89.0 Å². The lowest BCUT2D eigenvalue weighted by Crippen LogP contribution is -2.32. The molecule has 0 amide bonds. The van der Waals surface area contributed by atoms with Crippen molar-refractivity contribution in [2.45, 2.75) is 113 Å². The Morgan fingerprint density at radius 1 is 0.376 bits per heavy atom. The van der Waals surface area contributed by atoms with Gasteiger partial charge < -0.3 is 74.0 Å². The Morgan fingerprint density at radius 3 is 1.29 bits per heavy atom. The van der Waals surface area contributed by atoms with Crippen LogP contribution in [0.5, 0.6) is 40.2 Å². The van der Waals surface area contributed by atoms with Crippen LogP contribution in [-0.4, -0.2) is 208 Å². The van der Waals surface area contributed by atoms with Crippen LogP contribution in [0.3, 0.4) is 0 Å². The van der Waals surface area contributed by atoms with Gasteiger partial charge in [-0.05, 0) is 164 Å². The lowest BCUT2D eigenvalue weighted by atomic mass is 10.1. The molecule has 0 spiro atoms. The smallest absolute Gasteiger partial charge is 0.152 e. The first-order valence-electron chi connectivity index (χ1n) is 44.8. The number of aryl methyl sites for hydroxylation is 2. The molecule has 0 saturated carbocycles. The SMILES string of the molecule is CCc1cc(OC)cc(N(CCNC)c2cnc3ccc(-c4cnn(CC)c4)cc3n2)c1.CNCCN(c1cc(OC)cc(OC)c1)c1ccc2ncc(-c3cnn(C(C)C)c3)nc2c1.COc1cc(OC)cc(N(CCNC(C)C)c2ccc3ncc(-c4cnn(C(C)(C)C)c4)nc3c2)c1.COc1ccc(OC)c(N(CCNC(C)C)c2ccc3ncc(-c4cn[nH]c4)nc3c2)c1. The molecule has 8 aromatic carbocycles. The Kier molecular flexibility index (Phi) is 32.8. The van der Waals surface area contributed by atoms with Gasteiger partial charge in [-0.15, -0.1) is 0 Å². The van der Waals surface area contributed by atoms with Crippen molar-refractivity contribution in [2.75, 3.05) is 136 Å². The van der Waals surface area contributed by atoms with Crippen LogP contribution < -0.4 is 74.0 Å². The van der Waals surface area contributed by atoms with Crippen molar-refractivity contribution in [3.05, 3.63) is 226 Å². The molecule has 0 aliphatic carbocycles. The summed E-state index contributed by atoms with van der Waals surface area (Å²) in [6.45, 7) is 30.5. The monoisotopic (exact) mass is 1800 g/mol. The van der Waals surface area contributed by atoms with Crippen LogP contribution in [0.4, 0.5) is 45.6 Å². The van der Waals surface area contributed by atoms with E-state index in [9.17, 15) is 0 Å². The molecule has 694 valence electrons. The molecule has 16 rings (SSSR count). The van der Waals surface area contributed by atoms with E-state index in [0.717, 1.165) is 240 Å². The molecular formula is C102H124N24O7.